The second-order valence-corrected chi connectivity index (χ2v) is 3.22. The van der Waals surface area contributed by atoms with Crippen molar-refractivity contribution in [3.63, 3.8) is 0 Å². The van der Waals surface area contributed by atoms with E-state index in [1.54, 1.807) is 6.08 Å². The van der Waals surface area contributed by atoms with Crippen molar-refractivity contribution >= 4 is 0 Å². The SMILES string of the molecule is C=C[C@@H](O)[C@H](C=C)OCc1ccccc1. The fraction of sp³-hybridized carbons (Fsp3) is 0.231. The molecule has 0 bridgehead atoms. The molecule has 0 heterocycles. The zero-order chi connectivity index (χ0) is 11.1. The zero-order valence-corrected chi connectivity index (χ0v) is 8.67. The maximum Gasteiger partial charge on any atom is 0.105 e. The van der Waals surface area contributed by atoms with E-state index in [4.69, 9.17) is 4.74 Å². The lowest BCUT2D eigenvalue weighted by Gasteiger charge is -2.17. The van der Waals surface area contributed by atoms with Crippen LogP contribution in [-0.2, 0) is 11.3 Å². The van der Waals surface area contributed by atoms with Crippen molar-refractivity contribution in [2.75, 3.05) is 0 Å². The molecule has 0 unspecified atom stereocenters. The fourth-order valence-corrected chi connectivity index (χ4v) is 1.21. The van der Waals surface area contributed by atoms with Crippen molar-refractivity contribution < 1.29 is 9.84 Å². The molecule has 2 nitrogen and oxygen atoms in total. The molecule has 0 amide bonds. The molecule has 1 N–H and O–H groups in total. The van der Waals surface area contributed by atoms with Crippen molar-refractivity contribution in [3.8, 4) is 0 Å². The molecule has 2 heteroatoms. The Labute approximate surface area is 90.5 Å². The number of ether oxygens (including phenoxy) is 1. The lowest BCUT2D eigenvalue weighted by atomic mass is 10.2. The Hall–Kier alpha value is -1.38. The highest BCUT2D eigenvalue weighted by Crippen LogP contribution is 2.07. The number of benzene rings is 1. The molecule has 1 aromatic rings. The van der Waals surface area contributed by atoms with Crippen LogP contribution in [0.25, 0.3) is 0 Å². The van der Waals surface area contributed by atoms with Crippen LogP contribution >= 0.6 is 0 Å². The number of rotatable bonds is 6. The second-order valence-electron chi connectivity index (χ2n) is 3.22. The Morgan fingerprint density at radius 2 is 1.87 bits per heavy atom. The topological polar surface area (TPSA) is 29.5 Å². The van der Waals surface area contributed by atoms with Crippen LogP contribution in [0.5, 0.6) is 0 Å². The van der Waals surface area contributed by atoms with Crippen LogP contribution in [0.1, 0.15) is 5.56 Å². The zero-order valence-electron chi connectivity index (χ0n) is 8.67. The molecule has 0 saturated heterocycles. The van der Waals surface area contributed by atoms with Crippen LogP contribution in [0.2, 0.25) is 0 Å². The van der Waals surface area contributed by atoms with Crippen LogP contribution < -0.4 is 0 Å². The Morgan fingerprint density at radius 1 is 1.20 bits per heavy atom. The monoisotopic (exact) mass is 204 g/mol. The van der Waals surface area contributed by atoms with E-state index >= 15 is 0 Å². The largest absolute Gasteiger partial charge is 0.386 e. The van der Waals surface area contributed by atoms with E-state index < -0.39 is 12.2 Å². The van der Waals surface area contributed by atoms with Crippen LogP contribution in [0.15, 0.2) is 55.6 Å². The van der Waals surface area contributed by atoms with Gasteiger partial charge in [-0.1, -0.05) is 42.5 Å². The molecule has 0 spiro atoms. The van der Waals surface area contributed by atoms with Gasteiger partial charge in [-0.25, -0.2) is 0 Å². The summed E-state index contributed by atoms with van der Waals surface area (Å²) >= 11 is 0. The van der Waals surface area contributed by atoms with Crippen LogP contribution in [0, 0.1) is 0 Å². The van der Waals surface area contributed by atoms with Gasteiger partial charge < -0.3 is 9.84 Å². The molecule has 1 rings (SSSR count). The molecule has 0 aliphatic rings. The van der Waals surface area contributed by atoms with Gasteiger partial charge in [-0.05, 0) is 5.56 Å². The molecule has 15 heavy (non-hydrogen) atoms. The summed E-state index contributed by atoms with van der Waals surface area (Å²) in [6, 6.07) is 9.80. The third-order valence-electron chi connectivity index (χ3n) is 2.10. The quantitative estimate of drug-likeness (QED) is 0.720. The minimum atomic E-state index is -0.703. The fourth-order valence-electron chi connectivity index (χ4n) is 1.21. The van der Waals surface area contributed by atoms with Gasteiger partial charge in [0.15, 0.2) is 0 Å². The maximum atomic E-state index is 9.48. The molecule has 0 aromatic heterocycles. The lowest BCUT2D eigenvalue weighted by molar-refractivity contribution is 0.00226. The smallest absolute Gasteiger partial charge is 0.105 e. The van der Waals surface area contributed by atoms with Crippen molar-refractivity contribution in [1.82, 2.24) is 0 Å². The summed E-state index contributed by atoms with van der Waals surface area (Å²) in [5.41, 5.74) is 1.07. The Balaban J connectivity index is 2.48. The average molecular weight is 204 g/mol. The van der Waals surface area contributed by atoms with E-state index in [0.29, 0.717) is 6.61 Å². The van der Waals surface area contributed by atoms with Crippen molar-refractivity contribution in [2.45, 2.75) is 18.8 Å². The van der Waals surface area contributed by atoms with Crippen LogP contribution in [-0.4, -0.2) is 17.3 Å². The third-order valence-corrected chi connectivity index (χ3v) is 2.10. The predicted molar refractivity (Wildman–Crippen MR) is 61.4 cm³/mol. The molecule has 2 atom stereocenters. The van der Waals surface area contributed by atoms with Gasteiger partial charge in [0.2, 0.25) is 0 Å². The van der Waals surface area contributed by atoms with Crippen molar-refractivity contribution in [2.24, 2.45) is 0 Å². The van der Waals surface area contributed by atoms with Crippen molar-refractivity contribution in [1.29, 1.82) is 0 Å². The van der Waals surface area contributed by atoms with Gasteiger partial charge in [0.05, 0.1) is 6.61 Å². The normalized spacial score (nSPS) is 14.2. The summed E-state index contributed by atoms with van der Waals surface area (Å²) in [6.07, 6.45) is 1.92. The maximum absolute atomic E-state index is 9.48. The summed E-state index contributed by atoms with van der Waals surface area (Å²) in [6.45, 7) is 7.58. The molecular formula is C13H16O2. The van der Waals surface area contributed by atoms with E-state index in [0.717, 1.165) is 5.56 Å². The first-order valence-electron chi connectivity index (χ1n) is 4.86. The number of aliphatic hydroxyl groups is 1. The van der Waals surface area contributed by atoms with E-state index in [-0.39, 0.29) is 0 Å². The summed E-state index contributed by atoms with van der Waals surface area (Å²) in [4.78, 5) is 0. The van der Waals surface area contributed by atoms with Gasteiger partial charge in [0, 0.05) is 0 Å². The minimum Gasteiger partial charge on any atom is -0.386 e. The van der Waals surface area contributed by atoms with Gasteiger partial charge in [-0.15, -0.1) is 13.2 Å². The Bertz CT molecular complexity index is 306. The predicted octanol–water partition coefficient (Wildman–Crippen LogP) is 2.30. The average Bonchev–Trinajstić information content (AvgIpc) is 2.31. The van der Waals surface area contributed by atoms with Gasteiger partial charge >= 0.3 is 0 Å². The first-order valence-corrected chi connectivity index (χ1v) is 4.86. The second kappa shape index (κ2) is 6.17. The van der Waals surface area contributed by atoms with Gasteiger partial charge in [0.25, 0.3) is 0 Å². The first-order chi connectivity index (χ1) is 7.27. The molecule has 0 aliphatic heterocycles. The van der Waals surface area contributed by atoms with E-state index in [1.807, 2.05) is 30.3 Å². The molecule has 0 saturated carbocycles. The standard InChI is InChI=1S/C13H16O2/c1-3-12(14)13(4-2)15-10-11-8-6-5-7-9-11/h3-9,12-14H,1-2,10H2/t12-,13+/m1/s1. The number of aliphatic hydroxyl groups excluding tert-OH is 1. The molecule has 80 valence electrons. The molecular weight excluding hydrogens is 188 g/mol. The van der Waals surface area contributed by atoms with Crippen molar-refractivity contribution in [3.05, 3.63) is 61.2 Å². The lowest BCUT2D eigenvalue weighted by Crippen LogP contribution is -2.24. The summed E-state index contributed by atoms with van der Waals surface area (Å²) < 4.78 is 5.49. The van der Waals surface area contributed by atoms with Gasteiger partial charge in [-0.2, -0.15) is 0 Å². The minimum absolute atomic E-state index is 0.400. The molecule has 1 aromatic carbocycles. The summed E-state index contributed by atoms with van der Waals surface area (Å²) in [5.74, 6) is 0. The molecule has 0 fully saturated rings. The Kier molecular flexibility index (Phi) is 4.81. The first kappa shape index (κ1) is 11.7. The van der Waals surface area contributed by atoms with Gasteiger partial charge in [-0.3, -0.25) is 0 Å². The Morgan fingerprint density at radius 3 is 2.40 bits per heavy atom. The molecule has 0 radical (unpaired) electrons. The molecule has 0 aliphatic carbocycles. The number of hydrogen-bond acceptors (Lipinski definition) is 2. The van der Waals surface area contributed by atoms with Crippen LogP contribution in [0.3, 0.4) is 0 Å². The van der Waals surface area contributed by atoms with E-state index in [2.05, 4.69) is 13.2 Å². The highest BCUT2D eigenvalue weighted by molar-refractivity contribution is 5.13. The van der Waals surface area contributed by atoms with Crippen LogP contribution in [0.4, 0.5) is 0 Å². The summed E-state index contributed by atoms with van der Waals surface area (Å²) in [5, 5.41) is 9.48. The highest BCUT2D eigenvalue weighted by Gasteiger charge is 2.12. The van der Waals surface area contributed by atoms with Gasteiger partial charge in [0.1, 0.15) is 12.2 Å². The van der Waals surface area contributed by atoms with E-state index in [9.17, 15) is 5.11 Å². The third kappa shape index (κ3) is 3.70. The highest BCUT2D eigenvalue weighted by atomic mass is 16.5. The number of hydrogen-bond donors (Lipinski definition) is 1. The summed E-state index contributed by atoms with van der Waals surface area (Å²) in [7, 11) is 0. The van der Waals surface area contributed by atoms with E-state index in [1.165, 1.54) is 6.08 Å².